The summed E-state index contributed by atoms with van der Waals surface area (Å²) in [6.07, 6.45) is 0.488. The SMILES string of the molecule is COc1cc(=O)n(C)c(Nc2ccc(I)cc2F)c1NS(=O)(=O)C1CC1c1ccccc1. The Labute approximate surface area is 198 Å². The van der Waals surface area contributed by atoms with Gasteiger partial charge in [-0.25, -0.2) is 12.8 Å². The summed E-state index contributed by atoms with van der Waals surface area (Å²) in [6, 6.07) is 15.2. The fourth-order valence-corrected chi connectivity index (χ4v) is 5.72. The highest BCUT2D eigenvalue weighted by Gasteiger charge is 2.48. The number of sulfonamides is 1. The summed E-state index contributed by atoms with van der Waals surface area (Å²) in [6.45, 7) is 0. The molecule has 168 valence electrons. The summed E-state index contributed by atoms with van der Waals surface area (Å²) in [5, 5.41) is 2.24. The lowest BCUT2D eigenvalue weighted by Gasteiger charge is -2.20. The summed E-state index contributed by atoms with van der Waals surface area (Å²) < 4.78 is 50.6. The normalized spacial score (nSPS) is 17.6. The first-order valence-electron chi connectivity index (χ1n) is 9.78. The molecule has 0 aliphatic heterocycles. The minimum absolute atomic E-state index is 0.0435. The molecule has 2 unspecified atom stereocenters. The molecule has 0 saturated heterocycles. The first-order chi connectivity index (χ1) is 15.2. The lowest BCUT2D eigenvalue weighted by molar-refractivity contribution is 0.415. The highest BCUT2D eigenvalue weighted by atomic mass is 127. The molecule has 1 fully saturated rings. The van der Waals surface area contributed by atoms with Crippen molar-refractivity contribution in [1.82, 2.24) is 4.57 Å². The smallest absolute Gasteiger partial charge is 0.255 e. The van der Waals surface area contributed by atoms with Crippen LogP contribution in [0.4, 0.5) is 21.6 Å². The topological polar surface area (TPSA) is 89.4 Å². The van der Waals surface area contributed by atoms with Gasteiger partial charge in [0, 0.05) is 22.6 Å². The van der Waals surface area contributed by atoms with Crippen molar-refractivity contribution in [3.63, 3.8) is 0 Å². The van der Waals surface area contributed by atoms with Gasteiger partial charge in [0.05, 0.1) is 18.0 Å². The molecule has 1 saturated carbocycles. The molecule has 3 aromatic rings. The molecule has 0 radical (unpaired) electrons. The first-order valence-corrected chi connectivity index (χ1v) is 12.4. The first kappa shape index (κ1) is 22.6. The zero-order chi connectivity index (χ0) is 23.0. The third-order valence-electron chi connectivity index (χ3n) is 5.41. The van der Waals surface area contributed by atoms with Crippen LogP contribution in [0.25, 0.3) is 0 Å². The number of rotatable bonds is 7. The zero-order valence-electron chi connectivity index (χ0n) is 17.3. The van der Waals surface area contributed by atoms with Gasteiger partial charge in [-0.3, -0.25) is 14.1 Å². The number of hydrogen-bond donors (Lipinski definition) is 2. The van der Waals surface area contributed by atoms with Crippen molar-refractivity contribution in [2.45, 2.75) is 17.6 Å². The third-order valence-corrected chi connectivity index (χ3v) is 7.89. The summed E-state index contributed by atoms with van der Waals surface area (Å²) in [7, 11) is -1.00. The number of ether oxygens (including phenoxy) is 1. The van der Waals surface area contributed by atoms with Crippen molar-refractivity contribution in [1.29, 1.82) is 0 Å². The van der Waals surface area contributed by atoms with Gasteiger partial charge in [0.15, 0.2) is 5.75 Å². The van der Waals surface area contributed by atoms with Crippen LogP contribution in [0.3, 0.4) is 0 Å². The number of anilines is 3. The molecule has 7 nitrogen and oxygen atoms in total. The minimum atomic E-state index is -3.81. The van der Waals surface area contributed by atoms with Crippen LogP contribution in [-0.4, -0.2) is 25.3 Å². The lowest BCUT2D eigenvalue weighted by Crippen LogP contribution is -2.25. The van der Waals surface area contributed by atoms with Crippen LogP contribution >= 0.6 is 22.6 Å². The number of benzene rings is 2. The molecule has 0 bridgehead atoms. The fourth-order valence-electron chi connectivity index (χ4n) is 3.58. The van der Waals surface area contributed by atoms with Gasteiger partial charge in [0.1, 0.15) is 17.3 Å². The van der Waals surface area contributed by atoms with Gasteiger partial charge >= 0.3 is 0 Å². The van der Waals surface area contributed by atoms with E-state index in [1.807, 2.05) is 52.9 Å². The molecule has 1 aliphatic rings. The minimum Gasteiger partial charge on any atom is -0.494 e. The van der Waals surface area contributed by atoms with E-state index >= 15 is 0 Å². The van der Waals surface area contributed by atoms with Crippen molar-refractivity contribution in [3.8, 4) is 5.75 Å². The van der Waals surface area contributed by atoms with E-state index in [-0.39, 0.29) is 28.9 Å². The second-order valence-electron chi connectivity index (χ2n) is 7.52. The Morgan fingerprint density at radius 1 is 1.16 bits per heavy atom. The maximum Gasteiger partial charge on any atom is 0.255 e. The Morgan fingerprint density at radius 3 is 2.53 bits per heavy atom. The summed E-state index contributed by atoms with van der Waals surface area (Å²) >= 11 is 1.99. The number of aromatic nitrogens is 1. The van der Waals surface area contributed by atoms with E-state index in [0.717, 1.165) is 5.56 Å². The molecule has 1 heterocycles. The maximum atomic E-state index is 14.5. The number of nitrogens with one attached hydrogen (secondary N) is 2. The predicted molar refractivity (Wildman–Crippen MR) is 131 cm³/mol. The van der Waals surface area contributed by atoms with Gasteiger partial charge in [-0.2, -0.15) is 0 Å². The Morgan fingerprint density at radius 2 is 1.88 bits per heavy atom. The Balaban J connectivity index is 1.71. The number of halogens is 2. The molecule has 4 rings (SSSR count). The second kappa shape index (κ2) is 8.74. The summed E-state index contributed by atoms with van der Waals surface area (Å²) in [5.41, 5.74) is 0.662. The van der Waals surface area contributed by atoms with Crippen LogP contribution in [0.15, 0.2) is 59.4 Å². The Bertz CT molecular complexity index is 1330. The largest absolute Gasteiger partial charge is 0.494 e. The number of pyridine rings is 1. The van der Waals surface area contributed by atoms with Crippen molar-refractivity contribution < 1.29 is 17.5 Å². The molecule has 0 amide bonds. The molecular weight excluding hydrogens is 548 g/mol. The van der Waals surface area contributed by atoms with E-state index < -0.39 is 26.6 Å². The van der Waals surface area contributed by atoms with Crippen LogP contribution in [0.2, 0.25) is 0 Å². The van der Waals surface area contributed by atoms with E-state index in [4.69, 9.17) is 4.74 Å². The summed E-state index contributed by atoms with van der Waals surface area (Å²) in [5.74, 6) is -0.526. The van der Waals surface area contributed by atoms with Crippen LogP contribution in [0.5, 0.6) is 5.75 Å². The Hall–Kier alpha value is -2.60. The molecule has 2 N–H and O–H groups in total. The van der Waals surface area contributed by atoms with Gasteiger partial charge in [0.2, 0.25) is 10.0 Å². The van der Waals surface area contributed by atoms with Gasteiger partial charge in [0.25, 0.3) is 5.56 Å². The van der Waals surface area contributed by atoms with E-state index in [2.05, 4.69) is 10.0 Å². The van der Waals surface area contributed by atoms with Gasteiger partial charge < -0.3 is 10.1 Å². The highest BCUT2D eigenvalue weighted by molar-refractivity contribution is 14.1. The molecule has 1 aliphatic carbocycles. The van der Waals surface area contributed by atoms with Crippen LogP contribution in [0, 0.1) is 9.39 Å². The third kappa shape index (κ3) is 4.46. The second-order valence-corrected chi connectivity index (χ2v) is 10.7. The number of methoxy groups -OCH3 is 1. The number of hydrogen-bond acceptors (Lipinski definition) is 5. The zero-order valence-corrected chi connectivity index (χ0v) is 20.3. The molecule has 32 heavy (non-hydrogen) atoms. The van der Waals surface area contributed by atoms with Crippen LogP contribution in [0.1, 0.15) is 17.9 Å². The van der Waals surface area contributed by atoms with E-state index in [9.17, 15) is 17.6 Å². The van der Waals surface area contributed by atoms with Gasteiger partial charge in [-0.05, 0) is 52.8 Å². The average Bonchev–Trinajstić information content (AvgIpc) is 3.57. The predicted octanol–water partition coefficient (Wildman–Crippen LogP) is 4.18. The molecule has 10 heteroatoms. The van der Waals surface area contributed by atoms with Crippen LogP contribution in [-0.2, 0) is 17.1 Å². The molecule has 1 aromatic heterocycles. The quantitative estimate of drug-likeness (QED) is 0.417. The van der Waals surface area contributed by atoms with Crippen molar-refractivity contribution in [3.05, 3.63) is 79.9 Å². The van der Waals surface area contributed by atoms with Gasteiger partial charge in [-0.15, -0.1) is 0 Å². The van der Waals surface area contributed by atoms with E-state index in [1.165, 1.54) is 36.9 Å². The van der Waals surface area contributed by atoms with Crippen molar-refractivity contribution in [2.24, 2.45) is 7.05 Å². The lowest BCUT2D eigenvalue weighted by atomic mass is 10.1. The van der Waals surface area contributed by atoms with E-state index in [1.54, 1.807) is 6.07 Å². The average molecular weight is 569 g/mol. The molecule has 2 atom stereocenters. The molecular formula is C22H21FIN3O4S. The highest BCUT2D eigenvalue weighted by Crippen LogP contribution is 2.47. The fraction of sp³-hybridized carbons (Fsp3) is 0.227. The summed E-state index contributed by atoms with van der Waals surface area (Å²) in [4.78, 5) is 12.4. The van der Waals surface area contributed by atoms with Crippen molar-refractivity contribution >= 4 is 49.8 Å². The molecule has 2 aromatic carbocycles. The van der Waals surface area contributed by atoms with Crippen molar-refractivity contribution in [2.75, 3.05) is 17.1 Å². The van der Waals surface area contributed by atoms with Gasteiger partial charge in [-0.1, -0.05) is 30.3 Å². The monoisotopic (exact) mass is 569 g/mol. The van der Waals surface area contributed by atoms with Crippen LogP contribution < -0.4 is 20.3 Å². The Kier molecular flexibility index (Phi) is 6.17. The number of nitrogens with zero attached hydrogens (tertiary/aromatic N) is 1. The maximum absolute atomic E-state index is 14.5. The standard InChI is InChI=1S/C22H21FIN3O4S/c1-27-20(28)12-18(31-2)21(22(27)25-17-9-8-14(24)10-16(17)23)26-32(29,30)19-11-15(19)13-6-4-3-5-7-13/h3-10,12,15,19,25-26H,11H2,1-2H3. The molecule has 0 spiro atoms. The van der Waals surface area contributed by atoms with E-state index in [0.29, 0.717) is 9.99 Å².